The lowest BCUT2D eigenvalue weighted by Crippen LogP contribution is -2.32. The van der Waals surface area contributed by atoms with E-state index in [0.717, 1.165) is 26.1 Å². The highest BCUT2D eigenvalue weighted by Crippen LogP contribution is 2.42. The van der Waals surface area contributed by atoms with Gasteiger partial charge in [0.25, 0.3) is 0 Å². The fraction of sp³-hybridized carbons (Fsp3) is 0.714. The van der Waals surface area contributed by atoms with Crippen LogP contribution in [0.5, 0.6) is 0 Å². The molecule has 0 amide bonds. The summed E-state index contributed by atoms with van der Waals surface area (Å²) < 4.78 is 17.0. The Labute approximate surface area is 103 Å². The van der Waals surface area contributed by atoms with E-state index in [1.54, 1.807) is 12.2 Å². The molecule has 0 aromatic carbocycles. The number of ether oxygens (including phenoxy) is 3. The van der Waals surface area contributed by atoms with E-state index in [0.29, 0.717) is 37.3 Å². The second-order valence-electron chi connectivity index (χ2n) is 4.87. The standard InChI is InChI=1S/C14H22O3/c1-3-5-15-9-11-7-13-8-12(14(11)17-13)10-16-6-4-2/h3-4,11-14H,1-2,5-10H2. The molecule has 0 aromatic heterocycles. The van der Waals surface area contributed by atoms with Gasteiger partial charge in [0.1, 0.15) is 0 Å². The zero-order valence-corrected chi connectivity index (χ0v) is 10.3. The molecule has 0 spiro atoms. The van der Waals surface area contributed by atoms with E-state index in [1.165, 1.54) is 0 Å². The first-order valence-corrected chi connectivity index (χ1v) is 6.38. The van der Waals surface area contributed by atoms with Crippen LogP contribution in [0.15, 0.2) is 25.3 Å². The molecule has 2 saturated heterocycles. The molecule has 17 heavy (non-hydrogen) atoms. The Morgan fingerprint density at radius 3 is 1.94 bits per heavy atom. The molecule has 0 saturated carbocycles. The van der Waals surface area contributed by atoms with Crippen molar-refractivity contribution in [1.29, 1.82) is 0 Å². The Hall–Kier alpha value is -0.640. The molecule has 2 heterocycles. The van der Waals surface area contributed by atoms with E-state index < -0.39 is 0 Å². The molecule has 2 unspecified atom stereocenters. The van der Waals surface area contributed by atoms with Crippen LogP contribution in [0, 0.1) is 11.8 Å². The monoisotopic (exact) mass is 238 g/mol. The van der Waals surface area contributed by atoms with Gasteiger partial charge in [0.15, 0.2) is 0 Å². The minimum Gasteiger partial charge on any atom is -0.377 e. The molecule has 2 atom stereocenters. The third-order valence-electron chi connectivity index (χ3n) is 3.55. The van der Waals surface area contributed by atoms with Crippen LogP contribution in [-0.4, -0.2) is 38.6 Å². The molecule has 2 aliphatic heterocycles. The molecule has 3 heteroatoms. The lowest BCUT2D eigenvalue weighted by molar-refractivity contribution is 0.0183. The molecule has 0 N–H and O–H groups in total. The Kier molecular flexibility index (Phi) is 4.77. The van der Waals surface area contributed by atoms with E-state index in [9.17, 15) is 0 Å². The second-order valence-corrected chi connectivity index (χ2v) is 4.87. The average molecular weight is 238 g/mol. The molecular formula is C14H22O3. The summed E-state index contributed by atoms with van der Waals surface area (Å²) in [6.07, 6.45) is 6.61. The smallest absolute Gasteiger partial charge is 0.0681 e. The van der Waals surface area contributed by atoms with Gasteiger partial charge < -0.3 is 14.2 Å². The maximum absolute atomic E-state index is 5.95. The van der Waals surface area contributed by atoms with Crippen LogP contribution < -0.4 is 0 Å². The molecule has 2 bridgehead atoms. The lowest BCUT2D eigenvalue weighted by atomic mass is 9.82. The summed E-state index contributed by atoms with van der Waals surface area (Å²) in [6, 6.07) is 0. The predicted molar refractivity (Wildman–Crippen MR) is 66.9 cm³/mol. The summed E-state index contributed by atoms with van der Waals surface area (Å²) >= 11 is 0. The molecule has 2 rings (SSSR count). The van der Waals surface area contributed by atoms with Crippen LogP contribution in [0.2, 0.25) is 0 Å². The van der Waals surface area contributed by atoms with Crippen LogP contribution >= 0.6 is 0 Å². The summed E-state index contributed by atoms with van der Waals surface area (Å²) in [5.41, 5.74) is 0. The molecule has 0 radical (unpaired) electrons. The molecule has 0 aromatic rings. The maximum atomic E-state index is 5.95. The maximum Gasteiger partial charge on any atom is 0.0681 e. The van der Waals surface area contributed by atoms with E-state index >= 15 is 0 Å². The minimum atomic E-state index is 0.328. The normalized spacial score (nSPS) is 35.1. The molecule has 2 fully saturated rings. The van der Waals surface area contributed by atoms with Gasteiger partial charge in [0, 0.05) is 11.8 Å². The van der Waals surface area contributed by atoms with Crippen molar-refractivity contribution in [2.24, 2.45) is 11.8 Å². The summed E-state index contributed by atoms with van der Waals surface area (Å²) in [6.45, 7) is 10.1. The second kappa shape index (κ2) is 6.34. The SMILES string of the molecule is C=CCOCC1CC2CC(COCC=C)C1O2. The Bertz CT molecular complexity index is 240. The predicted octanol–water partition coefficient (Wildman–Crippen LogP) is 2.19. The van der Waals surface area contributed by atoms with Gasteiger partial charge in [-0.05, 0) is 12.8 Å². The van der Waals surface area contributed by atoms with Crippen molar-refractivity contribution in [2.75, 3.05) is 26.4 Å². The van der Waals surface area contributed by atoms with Crippen molar-refractivity contribution in [2.45, 2.75) is 25.0 Å². The van der Waals surface area contributed by atoms with Crippen LogP contribution in [0.3, 0.4) is 0 Å². The molecule has 3 nitrogen and oxygen atoms in total. The van der Waals surface area contributed by atoms with Crippen LogP contribution in [-0.2, 0) is 14.2 Å². The first-order valence-electron chi connectivity index (χ1n) is 6.38. The molecule has 96 valence electrons. The van der Waals surface area contributed by atoms with Crippen LogP contribution in [0.1, 0.15) is 12.8 Å². The van der Waals surface area contributed by atoms with E-state index in [-0.39, 0.29) is 0 Å². The summed E-state index contributed by atoms with van der Waals surface area (Å²) in [4.78, 5) is 0. The van der Waals surface area contributed by atoms with Gasteiger partial charge in [-0.1, -0.05) is 12.2 Å². The first-order chi connectivity index (χ1) is 8.35. The minimum absolute atomic E-state index is 0.328. The van der Waals surface area contributed by atoms with Gasteiger partial charge >= 0.3 is 0 Å². The highest BCUT2D eigenvalue weighted by molar-refractivity contribution is 4.95. The largest absolute Gasteiger partial charge is 0.377 e. The third kappa shape index (κ3) is 3.18. The Balaban J connectivity index is 1.74. The first kappa shape index (κ1) is 12.8. The quantitative estimate of drug-likeness (QED) is 0.479. The van der Waals surface area contributed by atoms with Crippen LogP contribution in [0.4, 0.5) is 0 Å². The van der Waals surface area contributed by atoms with Gasteiger partial charge in [-0.3, -0.25) is 0 Å². The highest BCUT2D eigenvalue weighted by Gasteiger charge is 2.47. The van der Waals surface area contributed by atoms with Crippen molar-refractivity contribution in [3.63, 3.8) is 0 Å². The van der Waals surface area contributed by atoms with Crippen molar-refractivity contribution in [3.05, 3.63) is 25.3 Å². The molecular weight excluding hydrogens is 216 g/mol. The van der Waals surface area contributed by atoms with Crippen molar-refractivity contribution in [3.8, 4) is 0 Å². The lowest BCUT2D eigenvalue weighted by Gasteiger charge is -2.25. The zero-order valence-electron chi connectivity index (χ0n) is 10.3. The van der Waals surface area contributed by atoms with Crippen LogP contribution in [0.25, 0.3) is 0 Å². The van der Waals surface area contributed by atoms with E-state index in [4.69, 9.17) is 14.2 Å². The van der Waals surface area contributed by atoms with Gasteiger partial charge in [-0.15, -0.1) is 13.2 Å². The van der Waals surface area contributed by atoms with Crippen molar-refractivity contribution >= 4 is 0 Å². The Morgan fingerprint density at radius 2 is 1.53 bits per heavy atom. The summed E-state index contributed by atoms with van der Waals surface area (Å²) in [5, 5.41) is 0. The topological polar surface area (TPSA) is 27.7 Å². The van der Waals surface area contributed by atoms with Crippen molar-refractivity contribution < 1.29 is 14.2 Å². The molecule has 2 aliphatic rings. The van der Waals surface area contributed by atoms with Gasteiger partial charge in [0.05, 0.1) is 38.6 Å². The molecule has 0 aliphatic carbocycles. The number of fused-ring (bicyclic) bond motifs is 2. The zero-order chi connectivity index (χ0) is 12.1. The highest BCUT2D eigenvalue weighted by atomic mass is 16.5. The third-order valence-corrected chi connectivity index (χ3v) is 3.55. The number of rotatable bonds is 8. The average Bonchev–Trinajstić information content (AvgIpc) is 2.89. The van der Waals surface area contributed by atoms with Gasteiger partial charge in [-0.25, -0.2) is 0 Å². The summed E-state index contributed by atoms with van der Waals surface area (Å²) in [7, 11) is 0. The van der Waals surface area contributed by atoms with Gasteiger partial charge in [0.2, 0.25) is 0 Å². The van der Waals surface area contributed by atoms with E-state index in [1.807, 2.05) is 0 Å². The van der Waals surface area contributed by atoms with Crippen molar-refractivity contribution in [1.82, 2.24) is 0 Å². The van der Waals surface area contributed by atoms with E-state index in [2.05, 4.69) is 13.2 Å². The fourth-order valence-electron chi connectivity index (χ4n) is 2.91. The summed E-state index contributed by atoms with van der Waals surface area (Å²) in [5.74, 6) is 1.07. The Morgan fingerprint density at radius 1 is 1.00 bits per heavy atom. The number of hydrogen-bond acceptors (Lipinski definition) is 3. The fourth-order valence-corrected chi connectivity index (χ4v) is 2.91. The van der Waals surface area contributed by atoms with Gasteiger partial charge in [-0.2, -0.15) is 0 Å². The number of hydrogen-bond donors (Lipinski definition) is 0.